The average Bonchev–Trinajstić information content (AvgIpc) is 1.81. The van der Waals surface area contributed by atoms with E-state index in [4.69, 9.17) is 4.74 Å². The Bertz CT molecular complexity index is 113. The van der Waals surface area contributed by atoms with Crippen LogP contribution in [0.3, 0.4) is 0 Å². The van der Waals surface area contributed by atoms with Gasteiger partial charge >= 0.3 is 5.97 Å². The van der Waals surface area contributed by atoms with E-state index < -0.39 is 0 Å². The Morgan fingerprint density at radius 2 is 2.50 bits per heavy atom. The number of cyclic esters (lactones) is 1. The number of carbonyl (C=O) groups is 1. The third-order valence-corrected chi connectivity index (χ3v) is 1.99. The number of alkyl halides is 1. The van der Waals surface area contributed by atoms with E-state index in [2.05, 4.69) is 15.9 Å². The first-order valence-corrected chi connectivity index (χ1v) is 3.64. The topological polar surface area (TPSA) is 26.3 Å². The van der Waals surface area contributed by atoms with Gasteiger partial charge in [-0.3, -0.25) is 4.79 Å². The molecule has 0 N–H and O–H groups in total. The average molecular weight is 179 g/mol. The van der Waals surface area contributed by atoms with E-state index in [0.717, 1.165) is 5.33 Å². The summed E-state index contributed by atoms with van der Waals surface area (Å²) in [5.41, 5.74) is 0. The van der Waals surface area contributed by atoms with Crippen molar-refractivity contribution in [3.63, 3.8) is 0 Å². The Morgan fingerprint density at radius 3 is 2.62 bits per heavy atom. The maximum Gasteiger partial charge on any atom is 0.312 e. The van der Waals surface area contributed by atoms with Crippen molar-refractivity contribution >= 4 is 21.9 Å². The monoisotopic (exact) mass is 178 g/mol. The second kappa shape index (κ2) is 2.05. The zero-order valence-corrected chi connectivity index (χ0v) is 6.14. The molecule has 1 aliphatic heterocycles. The van der Waals surface area contributed by atoms with Gasteiger partial charge < -0.3 is 4.74 Å². The summed E-state index contributed by atoms with van der Waals surface area (Å²) in [5.74, 6) is 0.0313. The second-order valence-electron chi connectivity index (χ2n) is 1.92. The molecular formula is C5H7BrO2. The number of ether oxygens (including phenoxy) is 1. The summed E-state index contributed by atoms with van der Waals surface area (Å²) in [6.07, 6.45) is 0.127. The van der Waals surface area contributed by atoms with Crippen molar-refractivity contribution in [2.24, 2.45) is 5.92 Å². The van der Waals surface area contributed by atoms with Gasteiger partial charge in [0.25, 0.3) is 0 Å². The Kier molecular flexibility index (Phi) is 1.56. The van der Waals surface area contributed by atoms with Crippen LogP contribution in [-0.4, -0.2) is 17.4 Å². The highest BCUT2D eigenvalue weighted by Crippen LogP contribution is 2.22. The summed E-state index contributed by atoms with van der Waals surface area (Å²) in [4.78, 5) is 10.4. The van der Waals surface area contributed by atoms with Gasteiger partial charge in [0.1, 0.15) is 6.10 Å². The maximum absolute atomic E-state index is 10.4. The third kappa shape index (κ3) is 0.749. The largest absolute Gasteiger partial charge is 0.460 e. The number of esters is 1. The molecular weight excluding hydrogens is 172 g/mol. The first-order valence-electron chi connectivity index (χ1n) is 2.52. The van der Waals surface area contributed by atoms with E-state index >= 15 is 0 Å². The summed E-state index contributed by atoms with van der Waals surface area (Å²) >= 11 is 3.22. The molecule has 0 spiro atoms. The smallest absolute Gasteiger partial charge is 0.312 e. The van der Waals surface area contributed by atoms with Gasteiger partial charge in [-0.05, 0) is 6.92 Å². The molecule has 0 aromatic heterocycles. The van der Waals surface area contributed by atoms with Crippen molar-refractivity contribution in [2.45, 2.75) is 13.0 Å². The quantitative estimate of drug-likeness (QED) is 0.442. The van der Waals surface area contributed by atoms with Crippen molar-refractivity contribution < 1.29 is 9.53 Å². The van der Waals surface area contributed by atoms with Gasteiger partial charge in [-0.1, -0.05) is 15.9 Å². The van der Waals surface area contributed by atoms with Crippen LogP contribution in [0.5, 0.6) is 0 Å². The number of carbonyl (C=O) groups excluding carboxylic acids is 1. The number of halogens is 1. The second-order valence-corrected chi connectivity index (χ2v) is 2.57. The van der Waals surface area contributed by atoms with Crippen molar-refractivity contribution in [3.8, 4) is 0 Å². The molecule has 1 fully saturated rings. The van der Waals surface area contributed by atoms with E-state index in [-0.39, 0.29) is 18.0 Å². The van der Waals surface area contributed by atoms with Crippen molar-refractivity contribution in [1.82, 2.24) is 0 Å². The number of hydrogen-bond acceptors (Lipinski definition) is 2. The molecule has 46 valence electrons. The molecule has 0 bridgehead atoms. The molecule has 2 nitrogen and oxygen atoms in total. The molecule has 1 rings (SSSR count). The molecule has 0 aromatic rings. The Labute approximate surface area is 56.3 Å². The van der Waals surface area contributed by atoms with Crippen molar-refractivity contribution in [1.29, 1.82) is 0 Å². The zero-order valence-electron chi connectivity index (χ0n) is 4.56. The van der Waals surface area contributed by atoms with Crippen LogP contribution in [0.15, 0.2) is 0 Å². The van der Waals surface area contributed by atoms with Crippen LogP contribution in [0.1, 0.15) is 6.92 Å². The number of rotatable bonds is 1. The lowest BCUT2D eigenvalue weighted by Crippen LogP contribution is -2.44. The zero-order chi connectivity index (χ0) is 6.15. The molecule has 2 atom stereocenters. The van der Waals surface area contributed by atoms with Gasteiger partial charge in [0.15, 0.2) is 0 Å². The first kappa shape index (κ1) is 6.08. The van der Waals surface area contributed by atoms with Crippen LogP contribution < -0.4 is 0 Å². The maximum atomic E-state index is 10.4. The first-order chi connectivity index (χ1) is 3.75. The van der Waals surface area contributed by atoms with E-state index in [1.54, 1.807) is 0 Å². The van der Waals surface area contributed by atoms with Gasteiger partial charge in [-0.25, -0.2) is 0 Å². The van der Waals surface area contributed by atoms with Crippen LogP contribution in [0.25, 0.3) is 0 Å². The highest BCUT2D eigenvalue weighted by Gasteiger charge is 2.37. The minimum atomic E-state index is -0.0746. The molecule has 0 unspecified atom stereocenters. The highest BCUT2D eigenvalue weighted by molar-refractivity contribution is 9.09. The van der Waals surface area contributed by atoms with Gasteiger partial charge in [0.2, 0.25) is 0 Å². The minimum absolute atomic E-state index is 0.0746. The predicted molar refractivity (Wildman–Crippen MR) is 32.8 cm³/mol. The lowest BCUT2D eigenvalue weighted by molar-refractivity contribution is -0.179. The van der Waals surface area contributed by atoms with Crippen LogP contribution in [0.4, 0.5) is 0 Å². The van der Waals surface area contributed by atoms with Gasteiger partial charge in [0.05, 0.1) is 5.92 Å². The lowest BCUT2D eigenvalue weighted by Gasteiger charge is -2.30. The normalized spacial score (nSPS) is 36.0. The molecule has 0 saturated carbocycles. The Hall–Kier alpha value is -0.0500. The summed E-state index contributed by atoms with van der Waals surface area (Å²) in [6.45, 7) is 1.87. The molecule has 8 heavy (non-hydrogen) atoms. The fourth-order valence-corrected chi connectivity index (χ4v) is 1.30. The van der Waals surface area contributed by atoms with E-state index in [1.165, 1.54) is 0 Å². The van der Waals surface area contributed by atoms with E-state index in [0.29, 0.717) is 0 Å². The minimum Gasteiger partial charge on any atom is -0.460 e. The molecule has 1 saturated heterocycles. The standard InChI is InChI=1S/C5H7BrO2/c1-3-4(2-6)8-5(3)7/h3-4H,2H2,1H3/t3-,4-/m1/s1. The highest BCUT2D eigenvalue weighted by atomic mass is 79.9. The van der Waals surface area contributed by atoms with Crippen molar-refractivity contribution in [2.75, 3.05) is 5.33 Å². The molecule has 3 heteroatoms. The number of hydrogen-bond donors (Lipinski definition) is 0. The predicted octanol–water partition coefficient (Wildman–Crippen LogP) is 0.943. The van der Waals surface area contributed by atoms with E-state index in [9.17, 15) is 4.79 Å². The van der Waals surface area contributed by atoms with Crippen molar-refractivity contribution in [3.05, 3.63) is 0 Å². The fourth-order valence-electron chi connectivity index (χ4n) is 0.603. The summed E-state index contributed by atoms with van der Waals surface area (Å²) in [5, 5.41) is 0.764. The Balaban J connectivity index is 2.35. The van der Waals surface area contributed by atoms with Crippen LogP contribution in [-0.2, 0) is 9.53 Å². The van der Waals surface area contributed by atoms with Crippen LogP contribution in [0, 0.1) is 5.92 Å². The molecule has 0 aromatic carbocycles. The molecule has 0 amide bonds. The molecule has 0 radical (unpaired) electrons. The van der Waals surface area contributed by atoms with Gasteiger partial charge in [-0.2, -0.15) is 0 Å². The van der Waals surface area contributed by atoms with Gasteiger partial charge in [-0.15, -0.1) is 0 Å². The summed E-state index contributed by atoms with van der Waals surface area (Å²) in [6, 6.07) is 0. The van der Waals surface area contributed by atoms with Crippen LogP contribution >= 0.6 is 15.9 Å². The van der Waals surface area contributed by atoms with Gasteiger partial charge in [0, 0.05) is 5.33 Å². The molecule has 0 aliphatic carbocycles. The molecule has 1 heterocycles. The SMILES string of the molecule is C[C@H]1C(=O)O[C@@H]1CBr. The summed E-state index contributed by atoms with van der Waals surface area (Å²) < 4.78 is 4.71. The lowest BCUT2D eigenvalue weighted by atomic mass is 10.0. The van der Waals surface area contributed by atoms with Crippen LogP contribution in [0.2, 0.25) is 0 Å². The Morgan fingerprint density at radius 1 is 1.88 bits per heavy atom. The fraction of sp³-hybridized carbons (Fsp3) is 0.800. The third-order valence-electron chi connectivity index (χ3n) is 1.35. The summed E-state index contributed by atoms with van der Waals surface area (Å²) in [7, 11) is 0. The van der Waals surface area contributed by atoms with E-state index in [1.807, 2.05) is 6.92 Å². The molecule has 1 aliphatic rings.